The first-order valence-corrected chi connectivity index (χ1v) is 8.13. The highest BCUT2D eigenvalue weighted by Crippen LogP contribution is 2.32. The molecular weight excluding hydrogens is 258 g/mol. The van der Waals surface area contributed by atoms with Gasteiger partial charge in [0.25, 0.3) is 0 Å². The number of aromatic nitrogens is 1. The number of hydrogen-bond acceptors (Lipinski definition) is 3. The van der Waals surface area contributed by atoms with E-state index in [1.54, 1.807) is 0 Å². The van der Waals surface area contributed by atoms with Crippen molar-refractivity contribution in [3.63, 3.8) is 0 Å². The first-order chi connectivity index (χ1) is 10.3. The molecule has 3 heteroatoms. The molecule has 1 aromatic heterocycles. The quantitative estimate of drug-likeness (QED) is 0.880. The molecule has 0 unspecified atom stereocenters. The Hall–Kier alpha value is -1.61. The third-order valence-electron chi connectivity index (χ3n) is 4.51. The van der Waals surface area contributed by atoms with Crippen molar-refractivity contribution in [1.82, 2.24) is 10.3 Å². The Morgan fingerprint density at radius 1 is 1.19 bits per heavy atom. The van der Waals surface area contributed by atoms with Gasteiger partial charge in [-0.05, 0) is 43.1 Å². The van der Waals surface area contributed by atoms with Gasteiger partial charge in [-0.3, -0.25) is 0 Å². The lowest BCUT2D eigenvalue weighted by Crippen LogP contribution is -2.23. The van der Waals surface area contributed by atoms with Crippen LogP contribution in [0, 0.1) is 5.92 Å². The maximum absolute atomic E-state index is 4.94. The summed E-state index contributed by atoms with van der Waals surface area (Å²) in [7, 11) is 2.19. The van der Waals surface area contributed by atoms with Crippen LogP contribution in [-0.2, 0) is 6.54 Å². The van der Waals surface area contributed by atoms with Gasteiger partial charge >= 0.3 is 0 Å². The van der Waals surface area contributed by atoms with Crippen molar-refractivity contribution in [2.24, 2.45) is 5.92 Å². The highest BCUT2D eigenvalue weighted by atomic mass is 15.2. The van der Waals surface area contributed by atoms with Crippen molar-refractivity contribution in [3.8, 4) is 0 Å². The summed E-state index contributed by atoms with van der Waals surface area (Å²) >= 11 is 0. The lowest BCUT2D eigenvalue weighted by Gasteiger charge is -2.21. The molecule has 0 atom stereocenters. The molecule has 0 saturated heterocycles. The molecule has 1 aromatic carbocycles. The first-order valence-electron chi connectivity index (χ1n) is 8.13. The van der Waals surface area contributed by atoms with Gasteiger partial charge in [-0.15, -0.1) is 0 Å². The monoisotopic (exact) mass is 281 g/mol. The minimum Gasteiger partial charge on any atom is -0.359 e. The second-order valence-corrected chi connectivity index (χ2v) is 6.64. The number of nitrogens with one attached hydrogen (secondary N) is 1. The second kappa shape index (κ2) is 5.30. The van der Waals surface area contributed by atoms with Crippen molar-refractivity contribution in [3.05, 3.63) is 36.0 Å². The van der Waals surface area contributed by atoms with Gasteiger partial charge in [-0.2, -0.15) is 0 Å². The van der Waals surface area contributed by atoms with E-state index in [1.807, 2.05) is 0 Å². The summed E-state index contributed by atoms with van der Waals surface area (Å²) < 4.78 is 0. The van der Waals surface area contributed by atoms with Crippen molar-refractivity contribution < 1.29 is 0 Å². The summed E-state index contributed by atoms with van der Waals surface area (Å²) in [6, 6.07) is 11.6. The van der Waals surface area contributed by atoms with Crippen LogP contribution in [0.5, 0.6) is 0 Å². The molecule has 3 nitrogen and oxygen atoms in total. The van der Waals surface area contributed by atoms with Gasteiger partial charge in [0.05, 0.1) is 5.69 Å². The van der Waals surface area contributed by atoms with E-state index in [0.29, 0.717) is 0 Å². The fraction of sp³-hybridized carbons (Fsp3) is 0.500. The molecule has 2 aliphatic carbocycles. The Balaban J connectivity index is 1.66. The van der Waals surface area contributed by atoms with E-state index >= 15 is 0 Å². The number of pyridine rings is 1. The van der Waals surface area contributed by atoms with E-state index < -0.39 is 0 Å². The first kappa shape index (κ1) is 13.1. The molecule has 1 heterocycles. The van der Waals surface area contributed by atoms with Crippen LogP contribution >= 0.6 is 0 Å². The van der Waals surface area contributed by atoms with Crippen LogP contribution in [0.2, 0.25) is 0 Å². The number of rotatable bonds is 6. The summed E-state index contributed by atoms with van der Waals surface area (Å²) in [4.78, 5) is 7.29. The predicted octanol–water partition coefficient (Wildman–Crippen LogP) is 3.33. The molecule has 0 amide bonds. The minimum atomic E-state index is 0.728. The molecule has 2 fully saturated rings. The SMILES string of the molecule is CN(CC1CC1)c1nc(CNC2CC2)cc2ccccc12. The molecule has 0 bridgehead atoms. The van der Waals surface area contributed by atoms with Crippen LogP contribution in [-0.4, -0.2) is 24.6 Å². The Labute approximate surface area is 126 Å². The van der Waals surface area contributed by atoms with E-state index in [2.05, 4.69) is 47.6 Å². The molecule has 110 valence electrons. The molecule has 0 radical (unpaired) electrons. The summed E-state index contributed by atoms with van der Waals surface area (Å²) in [5, 5.41) is 6.15. The maximum Gasteiger partial charge on any atom is 0.136 e. The normalized spacial score (nSPS) is 18.1. The Morgan fingerprint density at radius 2 is 2.00 bits per heavy atom. The van der Waals surface area contributed by atoms with Crippen molar-refractivity contribution in [2.75, 3.05) is 18.5 Å². The van der Waals surface area contributed by atoms with Gasteiger partial charge in [0.1, 0.15) is 5.82 Å². The van der Waals surface area contributed by atoms with Gasteiger partial charge < -0.3 is 10.2 Å². The van der Waals surface area contributed by atoms with Crippen molar-refractivity contribution in [1.29, 1.82) is 0 Å². The van der Waals surface area contributed by atoms with Crippen LogP contribution in [0.1, 0.15) is 31.4 Å². The van der Waals surface area contributed by atoms with Gasteiger partial charge in [0, 0.05) is 31.6 Å². The predicted molar refractivity (Wildman–Crippen MR) is 87.6 cm³/mol. The third-order valence-corrected chi connectivity index (χ3v) is 4.51. The van der Waals surface area contributed by atoms with E-state index in [9.17, 15) is 0 Å². The zero-order chi connectivity index (χ0) is 14.2. The van der Waals surface area contributed by atoms with Gasteiger partial charge in [-0.1, -0.05) is 24.3 Å². The van der Waals surface area contributed by atoms with Crippen molar-refractivity contribution >= 4 is 16.6 Å². The second-order valence-electron chi connectivity index (χ2n) is 6.64. The molecule has 2 saturated carbocycles. The molecule has 4 rings (SSSR count). The van der Waals surface area contributed by atoms with Crippen LogP contribution in [0.25, 0.3) is 10.8 Å². The largest absolute Gasteiger partial charge is 0.359 e. The lowest BCUT2D eigenvalue weighted by molar-refractivity contribution is 0.673. The molecule has 21 heavy (non-hydrogen) atoms. The molecule has 1 N–H and O–H groups in total. The highest BCUT2D eigenvalue weighted by molar-refractivity contribution is 5.92. The number of fused-ring (bicyclic) bond motifs is 1. The summed E-state index contributed by atoms with van der Waals surface area (Å²) in [5.41, 5.74) is 1.17. The minimum absolute atomic E-state index is 0.728. The summed E-state index contributed by atoms with van der Waals surface area (Å²) in [6.45, 7) is 2.02. The van der Waals surface area contributed by atoms with E-state index in [1.165, 1.54) is 42.1 Å². The van der Waals surface area contributed by atoms with Gasteiger partial charge in [-0.25, -0.2) is 4.98 Å². The lowest BCUT2D eigenvalue weighted by atomic mass is 10.1. The number of anilines is 1. The number of nitrogens with zero attached hydrogens (tertiary/aromatic N) is 2. The van der Waals surface area contributed by atoms with Gasteiger partial charge in [0.2, 0.25) is 0 Å². The zero-order valence-corrected chi connectivity index (χ0v) is 12.7. The fourth-order valence-electron chi connectivity index (χ4n) is 2.93. The van der Waals surface area contributed by atoms with E-state index in [0.717, 1.165) is 30.9 Å². The fourth-order valence-corrected chi connectivity index (χ4v) is 2.93. The smallest absolute Gasteiger partial charge is 0.136 e. The molecule has 2 aliphatic rings. The number of benzene rings is 1. The van der Waals surface area contributed by atoms with Crippen LogP contribution in [0.15, 0.2) is 30.3 Å². The Kier molecular flexibility index (Phi) is 3.30. The van der Waals surface area contributed by atoms with Gasteiger partial charge in [0.15, 0.2) is 0 Å². The molecular formula is C18H23N3. The Bertz CT molecular complexity index is 644. The average molecular weight is 281 g/mol. The average Bonchev–Trinajstić information content (AvgIpc) is 3.39. The molecule has 0 spiro atoms. The van der Waals surface area contributed by atoms with Crippen LogP contribution in [0.4, 0.5) is 5.82 Å². The maximum atomic E-state index is 4.94. The van der Waals surface area contributed by atoms with Crippen molar-refractivity contribution in [2.45, 2.75) is 38.3 Å². The standard InChI is InChI=1S/C18H23N3/c1-21(12-13-6-7-13)18-17-5-3-2-4-14(17)10-16(20-18)11-19-15-8-9-15/h2-5,10,13,15,19H,6-9,11-12H2,1H3. The van der Waals surface area contributed by atoms with Crippen LogP contribution < -0.4 is 10.2 Å². The highest BCUT2D eigenvalue weighted by Gasteiger charge is 2.24. The topological polar surface area (TPSA) is 28.2 Å². The van der Waals surface area contributed by atoms with E-state index in [4.69, 9.17) is 4.98 Å². The summed E-state index contributed by atoms with van der Waals surface area (Å²) in [6.07, 6.45) is 5.40. The molecule has 2 aromatic rings. The molecule has 0 aliphatic heterocycles. The van der Waals surface area contributed by atoms with Crippen LogP contribution in [0.3, 0.4) is 0 Å². The van der Waals surface area contributed by atoms with E-state index in [-0.39, 0.29) is 0 Å². The third kappa shape index (κ3) is 3.03. The number of hydrogen-bond donors (Lipinski definition) is 1. The Morgan fingerprint density at radius 3 is 2.76 bits per heavy atom. The summed E-state index contributed by atoms with van der Waals surface area (Å²) in [5.74, 6) is 2.02. The zero-order valence-electron chi connectivity index (χ0n) is 12.7.